The van der Waals surface area contributed by atoms with Gasteiger partial charge in [-0.2, -0.15) is 10.4 Å². The molecule has 2 aromatic rings. The van der Waals surface area contributed by atoms with Crippen LogP contribution >= 0.6 is 0 Å². The second-order valence-electron chi connectivity index (χ2n) is 5.16. The van der Waals surface area contributed by atoms with Gasteiger partial charge in [-0.15, -0.1) is 0 Å². The molecule has 3 rings (SSSR count). The van der Waals surface area contributed by atoms with Gasteiger partial charge >= 0.3 is 0 Å². The number of rotatable bonds is 3. The largest absolute Gasteiger partial charge is 0.298 e. The second-order valence-corrected chi connectivity index (χ2v) is 5.16. The maximum absolute atomic E-state index is 11.3. The lowest BCUT2D eigenvalue weighted by Crippen LogP contribution is -2.04. The van der Waals surface area contributed by atoms with E-state index in [-0.39, 0.29) is 0 Å². The molecule has 0 bridgehead atoms. The van der Waals surface area contributed by atoms with Gasteiger partial charge in [0, 0.05) is 11.8 Å². The number of carbonyl (C=O) groups is 1. The van der Waals surface area contributed by atoms with Gasteiger partial charge in [0.2, 0.25) is 0 Å². The van der Waals surface area contributed by atoms with Crippen LogP contribution in [0.2, 0.25) is 0 Å². The molecule has 1 aliphatic rings. The Labute approximate surface area is 117 Å². The van der Waals surface area contributed by atoms with Crippen molar-refractivity contribution in [2.75, 3.05) is 0 Å². The van der Waals surface area contributed by atoms with Crippen molar-refractivity contribution in [3.05, 3.63) is 41.6 Å². The normalized spacial score (nSPS) is 15.2. The molecule has 1 heterocycles. The molecule has 4 heteroatoms. The molecule has 20 heavy (non-hydrogen) atoms. The molecular formula is C16H15N3O. The zero-order valence-corrected chi connectivity index (χ0v) is 11.1. The van der Waals surface area contributed by atoms with E-state index in [0.29, 0.717) is 22.9 Å². The van der Waals surface area contributed by atoms with E-state index in [1.54, 1.807) is 12.1 Å². The predicted octanol–water partition coefficient (Wildman–Crippen LogP) is 3.35. The van der Waals surface area contributed by atoms with Crippen molar-refractivity contribution in [1.82, 2.24) is 9.78 Å². The van der Waals surface area contributed by atoms with Crippen LogP contribution in [-0.2, 0) is 0 Å². The van der Waals surface area contributed by atoms with Gasteiger partial charge in [0.1, 0.15) is 5.69 Å². The Morgan fingerprint density at radius 2 is 2.15 bits per heavy atom. The fourth-order valence-electron chi connectivity index (χ4n) is 2.81. The molecule has 1 aliphatic carbocycles. The third-order valence-electron chi connectivity index (χ3n) is 3.85. The minimum Gasteiger partial charge on any atom is -0.298 e. The van der Waals surface area contributed by atoms with Crippen molar-refractivity contribution in [2.24, 2.45) is 0 Å². The van der Waals surface area contributed by atoms with Crippen LogP contribution in [0, 0.1) is 11.3 Å². The molecule has 100 valence electrons. The molecule has 0 aliphatic heterocycles. The lowest BCUT2D eigenvalue weighted by Gasteiger charge is -2.08. The first-order chi connectivity index (χ1) is 9.81. The Balaban J connectivity index is 2.03. The van der Waals surface area contributed by atoms with Crippen LogP contribution in [0.4, 0.5) is 0 Å². The molecule has 1 aromatic carbocycles. The van der Waals surface area contributed by atoms with Crippen molar-refractivity contribution >= 4 is 6.29 Å². The van der Waals surface area contributed by atoms with E-state index in [4.69, 9.17) is 5.26 Å². The van der Waals surface area contributed by atoms with Crippen molar-refractivity contribution < 1.29 is 4.79 Å². The quantitative estimate of drug-likeness (QED) is 0.799. The number of hydrogen-bond donors (Lipinski definition) is 0. The lowest BCUT2D eigenvalue weighted by atomic mass is 10.1. The minimum atomic E-state index is 0.404. The van der Waals surface area contributed by atoms with Crippen LogP contribution in [0.5, 0.6) is 0 Å². The summed E-state index contributed by atoms with van der Waals surface area (Å²) in [6.07, 6.45) is 7.36. The average molecular weight is 265 g/mol. The fourth-order valence-corrected chi connectivity index (χ4v) is 2.81. The Hall–Kier alpha value is -2.41. The summed E-state index contributed by atoms with van der Waals surface area (Å²) in [5, 5.41) is 13.6. The van der Waals surface area contributed by atoms with E-state index in [1.165, 1.54) is 12.8 Å². The number of nitriles is 1. The molecular weight excluding hydrogens is 250 g/mol. The zero-order valence-electron chi connectivity index (χ0n) is 11.1. The third-order valence-corrected chi connectivity index (χ3v) is 3.85. The highest BCUT2D eigenvalue weighted by Gasteiger charge is 2.20. The number of aromatic nitrogens is 2. The van der Waals surface area contributed by atoms with Crippen LogP contribution in [0.3, 0.4) is 0 Å². The Kier molecular flexibility index (Phi) is 3.34. The summed E-state index contributed by atoms with van der Waals surface area (Å²) >= 11 is 0. The zero-order chi connectivity index (χ0) is 13.9. The van der Waals surface area contributed by atoms with E-state index >= 15 is 0 Å². The lowest BCUT2D eigenvalue weighted by molar-refractivity contribution is 0.112. The highest BCUT2D eigenvalue weighted by Crippen LogP contribution is 2.31. The highest BCUT2D eigenvalue weighted by atomic mass is 16.1. The van der Waals surface area contributed by atoms with E-state index in [9.17, 15) is 4.79 Å². The van der Waals surface area contributed by atoms with Crippen LogP contribution in [0.1, 0.15) is 47.6 Å². The molecule has 1 fully saturated rings. The monoisotopic (exact) mass is 265 g/mol. The molecule has 1 aromatic heterocycles. The van der Waals surface area contributed by atoms with E-state index in [2.05, 4.69) is 11.2 Å². The highest BCUT2D eigenvalue weighted by molar-refractivity contribution is 5.85. The maximum atomic E-state index is 11.3. The van der Waals surface area contributed by atoms with Crippen LogP contribution in [-0.4, -0.2) is 16.1 Å². The summed E-state index contributed by atoms with van der Waals surface area (Å²) in [6, 6.07) is 9.74. The first kappa shape index (κ1) is 12.6. The number of carbonyl (C=O) groups excluding carboxylic acids is 1. The van der Waals surface area contributed by atoms with Gasteiger partial charge in [-0.1, -0.05) is 25.0 Å². The molecule has 0 saturated heterocycles. The molecule has 0 unspecified atom stereocenters. The Morgan fingerprint density at radius 3 is 2.85 bits per heavy atom. The average Bonchev–Trinajstić information content (AvgIpc) is 3.15. The topological polar surface area (TPSA) is 58.7 Å². The Bertz CT molecular complexity index is 675. The van der Waals surface area contributed by atoms with Crippen molar-refractivity contribution in [3.8, 4) is 17.3 Å². The SMILES string of the molecule is N#Cc1cccc(-c2nn(C3CCCC3)cc2C=O)c1. The molecule has 4 nitrogen and oxygen atoms in total. The van der Waals surface area contributed by atoms with Gasteiger partial charge in [-0.3, -0.25) is 9.48 Å². The molecule has 0 radical (unpaired) electrons. The predicted molar refractivity (Wildman–Crippen MR) is 75.3 cm³/mol. The van der Waals surface area contributed by atoms with Crippen molar-refractivity contribution in [2.45, 2.75) is 31.7 Å². The Morgan fingerprint density at radius 1 is 1.35 bits per heavy atom. The van der Waals surface area contributed by atoms with Crippen molar-refractivity contribution in [1.29, 1.82) is 5.26 Å². The van der Waals surface area contributed by atoms with Crippen LogP contribution < -0.4 is 0 Å². The van der Waals surface area contributed by atoms with Gasteiger partial charge in [0.05, 0.1) is 23.2 Å². The van der Waals surface area contributed by atoms with Crippen LogP contribution in [0.25, 0.3) is 11.3 Å². The fraction of sp³-hybridized carbons (Fsp3) is 0.312. The van der Waals surface area contributed by atoms with E-state index < -0.39 is 0 Å². The number of benzene rings is 1. The molecule has 1 saturated carbocycles. The first-order valence-corrected chi connectivity index (χ1v) is 6.86. The summed E-state index contributed by atoms with van der Waals surface area (Å²) < 4.78 is 1.92. The summed E-state index contributed by atoms with van der Waals surface area (Å²) in [5.74, 6) is 0. The summed E-state index contributed by atoms with van der Waals surface area (Å²) in [7, 11) is 0. The van der Waals surface area contributed by atoms with Gasteiger partial charge in [-0.25, -0.2) is 0 Å². The van der Waals surface area contributed by atoms with E-state index in [0.717, 1.165) is 24.7 Å². The molecule has 0 spiro atoms. The van der Waals surface area contributed by atoms with Gasteiger partial charge in [0.15, 0.2) is 6.29 Å². The first-order valence-electron chi connectivity index (χ1n) is 6.86. The summed E-state index contributed by atoms with van der Waals surface area (Å²) in [5.41, 5.74) is 2.66. The minimum absolute atomic E-state index is 0.404. The van der Waals surface area contributed by atoms with Crippen LogP contribution in [0.15, 0.2) is 30.5 Å². The summed E-state index contributed by atoms with van der Waals surface area (Å²) in [6.45, 7) is 0. The van der Waals surface area contributed by atoms with E-state index in [1.807, 2.05) is 23.0 Å². The standard InChI is InChI=1S/C16H15N3O/c17-9-12-4-3-5-13(8-12)16-14(11-20)10-19(18-16)15-6-1-2-7-15/h3-5,8,10-11,15H,1-2,6-7H2. The molecule has 0 N–H and O–H groups in total. The van der Waals surface area contributed by atoms with Gasteiger partial charge < -0.3 is 0 Å². The van der Waals surface area contributed by atoms with Crippen molar-refractivity contribution in [3.63, 3.8) is 0 Å². The maximum Gasteiger partial charge on any atom is 0.153 e. The smallest absolute Gasteiger partial charge is 0.153 e. The molecule has 0 amide bonds. The third kappa shape index (κ3) is 2.23. The van der Waals surface area contributed by atoms with Gasteiger partial charge in [0.25, 0.3) is 0 Å². The summed E-state index contributed by atoms with van der Waals surface area (Å²) in [4.78, 5) is 11.3. The number of nitrogens with zero attached hydrogens (tertiary/aromatic N) is 3. The molecule has 0 atom stereocenters. The number of aldehydes is 1. The second kappa shape index (κ2) is 5.30. The number of hydrogen-bond acceptors (Lipinski definition) is 3. The van der Waals surface area contributed by atoms with Gasteiger partial charge in [-0.05, 0) is 25.0 Å².